The summed E-state index contributed by atoms with van der Waals surface area (Å²) < 4.78 is 0. The first-order chi connectivity index (χ1) is 9.58. The fraction of sp³-hybridized carbons (Fsp3) is 0.294. The van der Waals surface area contributed by atoms with Crippen LogP contribution in [0.1, 0.15) is 36.5 Å². The van der Waals surface area contributed by atoms with Gasteiger partial charge in [-0.05, 0) is 35.1 Å². The number of pyridine rings is 1. The highest BCUT2D eigenvalue weighted by atomic mass is 16.4. The van der Waals surface area contributed by atoms with Gasteiger partial charge in [-0.1, -0.05) is 44.2 Å². The van der Waals surface area contributed by atoms with Gasteiger partial charge < -0.3 is 5.11 Å². The van der Waals surface area contributed by atoms with Crippen molar-refractivity contribution in [1.82, 2.24) is 4.98 Å². The Bertz CT molecular complexity index is 561. The van der Waals surface area contributed by atoms with Crippen molar-refractivity contribution in [1.29, 1.82) is 0 Å². The number of benzene rings is 1. The predicted octanol–water partition coefficient (Wildman–Crippen LogP) is 3.50. The number of carbonyl (C=O) groups is 1. The van der Waals surface area contributed by atoms with Gasteiger partial charge in [0.15, 0.2) is 0 Å². The summed E-state index contributed by atoms with van der Waals surface area (Å²) in [6.07, 6.45) is 4.26. The van der Waals surface area contributed by atoms with Gasteiger partial charge in [-0.2, -0.15) is 0 Å². The number of nitrogens with zero attached hydrogens (tertiary/aromatic N) is 1. The van der Waals surface area contributed by atoms with Crippen molar-refractivity contribution < 1.29 is 9.90 Å². The van der Waals surface area contributed by atoms with Crippen molar-refractivity contribution in [2.75, 3.05) is 0 Å². The van der Waals surface area contributed by atoms with E-state index in [2.05, 4.69) is 18.8 Å². The minimum atomic E-state index is -0.852. The molecule has 0 spiro atoms. The van der Waals surface area contributed by atoms with Crippen molar-refractivity contribution in [3.63, 3.8) is 0 Å². The van der Waals surface area contributed by atoms with Crippen LogP contribution in [0.5, 0.6) is 0 Å². The van der Waals surface area contributed by atoms with E-state index in [9.17, 15) is 9.90 Å². The Balaban J connectivity index is 2.29. The Labute approximate surface area is 119 Å². The lowest BCUT2D eigenvalue weighted by Gasteiger charge is -2.14. The number of rotatable bonds is 5. The third-order valence-corrected chi connectivity index (χ3v) is 3.22. The zero-order valence-electron chi connectivity index (χ0n) is 11.8. The molecule has 0 fully saturated rings. The zero-order valence-corrected chi connectivity index (χ0v) is 11.8. The monoisotopic (exact) mass is 269 g/mol. The molecule has 1 aromatic heterocycles. The van der Waals surface area contributed by atoms with Crippen molar-refractivity contribution in [3.05, 3.63) is 65.5 Å². The van der Waals surface area contributed by atoms with E-state index in [4.69, 9.17) is 0 Å². The minimum absolute atomic E-state index is 0.592. The molecule has 0 bridgehead atoms. The maximum atomic E-state index is 11.5. The van der Waals surface area contributed by atoms with Crippen molar-refractivity contribution in [3.8, 4) is 0 Å². The normalized spacial score (nSPS) is 12.3. The van der Waals surface area contributed by atoms with Crippen LogP contribution < -0.4 is 0 Å². The number of aromatic nitrogens is 1. The lowest BCUT2D eigenvalue weighted by molar-refractivity contribution is -0.137. The van der Waals surface area contributed by atoms with E-state index in [0.717, 1.165) is 12.0 Å². The topological polar surface area (TPSA) is 50.2 Å². The van der Waals surface area contributed by atoms with Crippen LogP contribution in [0.15, 0.2) is 48.8 Å². The van der Waals surface area contributed by atoms with Crippen LogP contribution in [0.3, 0.4) is 0 Å². The van der Waals surface area contributed by atoms with E-state index < -0.39 is 11.9 Å². The molecule has 20 heavy (non-hydrogen) atoms. The number of carboxylic acid groups (broad SMARTS) is 1. The number of hydrogen-bond donors (Lipinski definition) is 1. The highest BCUT2D eigenvalue weighted by Gasteiger charge is 2.22. The van der Waals surface area contributed by atoms with Crippen LogP contribution in [-0.4, -0.2) is 16.1 Å². The second-order valence-corrected chi connectivity index (χ2v) is 5.40. The highest BCUT2D eigenvalue weighted by molar-refractivity contribution is 5.80. The van der Waals surface area contributed by atoms with Gasteiger partial charge in [-0.15, -0.1) is 0 Å². The molecule has 1 atom stereocenters. The summed E-state index contributed by atoms with van der Waals surface area (Å²) in [6.45, 7) is 4.34. The lowest BCUT2D eigenvalue weighted by Crippen LogP contribution is -2.13. The molecule has 0 aliphatic heterocycles. The molecular formula is C17H19NO2. The molecule has 1 unspecified atom stereocenters. The van der Waals surface area contributed by atoms with Gasteiger partial charge in [0.25, 0.3) is 0 Å². The van der Waals surface area contributed by atoms with E-state index in [1.807, 2.05) is 24.3 Å². The SMILES string of the molecule is CC(C)Cc1ccc(C(C(=O)O)c2cccnc2)cc1. The van der Waals surface area contributed by atoms with E-state index in [1.165, 1.54) is 5.56 Å². The Hall–Kier alpha value is -2.16. The molecule has 1 N–H and O–H groups in total. The standard InChI is InChI=1S/C17H19NO2/c1-12(2)10-13-5-7-14(8-6-13)16(17(19)20)15-4-3-9-18-11-15/h3-9,11-12,16H,10H2,1-2H3,(H,19,20). The summed E-state index contributed by atoms with van der Waals surface area (Å²) in [5, 5.41) is 9.47. The van der Waals surface area contributed by atoms with E-state index >= 15 is 0 Å². The van der Waals surface area contributed by atoms with E-state index in [-0.39, 0.29) is 0 Å². The summed E-state index contributed by atoms with van der Waals surface area (Å²) in [5.41, 5.74) is 2.73. The maximum absolute atomic E-state index is 11.5. The number of aliphatic carboxylic acids is 1. The van der Waals surface area contributed by atoms with Gasteiger partial charge in [0.1, 0.15) is 5.92 Å². The quantitative estimate of drug-likeness (QED) is 0.903. The molecule has 2 rings (SSSR count). The van der Waals surface area contributed by atoms with Gasteiger partial charge in [-0.25, -0.2) is 0 Å². The molecular weight excluding hydrogens is 250 g/mol. The molecule has 0 radical (unpaired) electrons. The highest BCUT2D eigenvalue weighted by Crippen LogP contribution is 2.25. The molecule has 2 aromatic rings. The molecule has 104 valence electrons. The van der Waals surface area contributed by atoms with Crippen LogP contribution in [0, 0.1) is 5.92 Å². The molecule has 3 heteroatoms. The second kappa shape index (κ2) is 6.33. The first-order valence-corrected chi connectivity index (χ1v) is 6.79. The second-order valence-electron chi connectivity index (χ2n) is 5.40. The molecule has 0 saturated heterocycles. The molecule has 0 aliphatic carbocycles. The molecule has 0 aliphatic rings. The largest absolute Gasteiger partial charge is 0.481 e. The molecule has 1 heterocycles. The summed E-state index contributed by atoms with van der Waals surface area (Å²) in [4.78, 5) is 15.5. The van der Waals surface area contributed by atoms with Crippen LogP contribution in [0.4, 0.5) is 0 Å². The van der Waals surface area contributed by atoms with Crippen molar-refractivity contribution >= 4 is 5.97 Å². The fourth-order valence-corrected chi connectivity index (χ4v) is 2.34. The smallest absolute Gasteiger partial charge is 0.315 e. The average molecular weight is 269 g/mol. The summed E-state index contributed by atoms with van der Waals surface area (Å²) in [5.74, 6) is -0.916. The van der Waals surface area contributed by atoms with Gasteiger partial charge in [-0.3, -0.25) is 9.78 Å². The summed E-state index contributed by atoms with van der Waals surface area (Å²) in [6, 6.07) is 11.4. The Morgan fingerprint density at radius 2 is 1.85 bits per heavy atom. The lowest BCUT2D eigenvalue weighted by atomic mass is 9.91. The third kappa shape index (κ3) is 3.44. The zero-order chi connectivity index (χ0) is 14.5. The maximum Gasteiger partial charge on any atom is 0.315 e. The predicted molar refractivity (Wildman–Crippen MR) is 78.7 cm³/mol. The van der Waals surface area contributed by atoms with Crippen LogP contribution in [0.25, 0.3) is 0 Å². The average Bonchev–Trinajstić information content (AvgIpc) is 2.41. The molecule has 0 saturated carbocycles. The van der Waals surface area contributed by atoms with Crippen molar-refractivity contribution in [2.45, 2.75) is 26.2 Å². The number of hydrogen-bond acceptors (Lipinski definition) is 2. The van der Waals surface area contributed by atoms with Gasteiger partial charge in [0.2, 0.25) is 0 Å². The molecule has 1 aromatic carbocycles. The van der Waals surface area contributed by atoms with Gasteiger partial charge >= 0.3 is 5.97 Å². The fourth-order valence-electron chi connectivity index (χ4n) is 2.34. The third-order valence-electron chi connectivity index (χ3n) is 3.22. The van der Waals surface area contributed by atoms with Gasteiger partial charge in [0, 0.05) is 12.4 Å². The molecule has 0 amide bonds. The first kappa shape index (κ1) is 14.3. The Kier molecular flexibility index (Phi) is 4.51. The van der Waals surface area contributed by atoms with E-state index in [1.54, 1.807) is 24.5 Å². The van der Waals surface area contributed by atoms with Crippen LogP contribution >= 0.6 is 0 Å². The minimum Gasteiger partial charge on any atom is -0.481 e. The van der Waals surface area contributed by atoms with E-state index in [0.29, 0.717) is 11.5 Å². The van der Waals surface area contributed by atoms with Crippen LogP contribution in [-0.2, 0) is 11.2 Å². The number of carboxylic acids is 1. The first-order valence-electron chi connectivity index (χ1n) is 6.79. The van der Waals surface area contributed by atoms with Crippen LogP contribution in [0.2, 0.25) is 0 Å². The molecule has 3 nitrogen and oxygen atoms in total. The van der Waals surface area contributed by atoms with Gasteiger partial charge in [0.05, 0.1) is 0 Å². The Morgan fingerprint density at radius 3 is 2.35 bits per heavy atom. The Morgan fingerprint density at radius 1 is 1.15 bits per heavy atom. The summed E-state index contributed by atoms with van der Waals surface area (Å²) >= 11 is 0. The van der Waals surface area contributed by atoms with Crippen molar-refractivity contribution in [2.24, 2.45) is 5.92 Å². The summed E-state index contributed by atoms with van der Waals surface area (Å²) in [7, 11) is 0.